The van der Waals surface area contributed by atoms with E-state index >= 15 is 0 Å². The minimum atomic E-state index is -0.149. The molecular weight excluding hydrogens is 332 g/mol. The topological polar surface area (TPSA) is 113 Å². The number of hydrogen-bond donors (Lipinski definition) is 3. The molecule has 3 rings (SSSR count). The third-order valence-electron chi connectivity index (χ3n) is 3.78. The van der Waals surface area contributed by atoms with Crippen molar-refractivity contribution in [1.82, 2.24) is 25.3 Å². The highest BCUT2D eigenvalue weighted by Gasteiger charge is 2.05. The molecule has 8 heteroatoms. The van der Waals surface area contributed by atoms with E-state index in [1.54, 1.807) is 24.5 Å². The van der Waals surface area contributed by atoms with Gasteiger partial charge in [0.15, 0.2) is 0 Å². The number of H-pyrrole nitrogens is 1. The summed E-state index contributed by atoms with van der Waals surface area (Å²) in [4.78, 5) is 39.1. The third-order valence-corrected chi connectivity index (χ3v) is 3.78. The molecule has 0 aliphatic heterocycles. The van der Waals surface area contributed by atoms with Gasteiger partial charge in [0.1, 0.15) is 5.82 Å². The Morgan fingerprint density at radius 3 is 2.73 bits per heavy atom. The van der Waals surface area contributed by atoms with Crippen LogP contribution in [0.3, 0.4) is 0 Å². The van der Waals surface area contributed by atoms with Gasteiger partial charge in [0.05, 0.1) is 10.9 Å². The molecule has 2 aromatic heterocycles. The van der Waals surface area contributed by atoms with Gasteiger partial charge in [0.25, 0.3) is 5.56 Å². The Morgan fingerprint density at radius 2 is 1.88 bits per heavy atom. The van der Waals surface area contributed by atoms with Crippen LogP contribution in [0.15, 0.2) is 47.5 Å². The highest BCUT2D eigenvalue weighted by Crippen LogP contribution is 2.07. The SMILES string of the molecule is O=C(CCCc1nc2ccccc2c(=O)[nH]1)NCCNc1ncccn1. The number of hydrogen-bond acceptors (Lipinski definition) is 6. The number of aromatic amines is 1. The average Bonchev–Trinajstić information content (AvgIpc) is 2.66. The van der Waals surface area contributed by atoms with E-state index in [4.69, 9.17) is 0 Å². The Labute approximate surface area is 150 Å². The standard InChI is InChI=1S/C18H20N6O2/c25-16(19-11-12-22-18-20-9-4-10-21-18)8-3-7-15-23-14-6-2-1-5-13(14)17(26)24-15/h1-2,4-6,9-10H,3,7-8,11-12H2,(H,19,25)(H,20,21,22)(H,23,24,26). The lowest BCUT2D eigenvalue weighted by Gasteiger charge is -2.07. The Morgan fingerprint density at radius 1 is 1.08 bits per heavy atom. The van der Waals surface area contributed by atoms with E-state index in [0.29, 0.717) is 55.0 Å². The van der Waals surface area contributed by atoms with Crippen molar-refractivity contribution >= 4 is 22.8 Å². The highest BCUT2D eigenvalue weighted by molar-refractivity contribution is 5.77. The molecule has 2 heterocycles. The lowest BCUT2D eigenvalue weighted by molar-refractivity contribution is -0.121. The maximum Gasteiger partial charge on any atom is 0.258 e. The highest BCUT2D eigenvalue weighted by atomic mass is 16.1. The smallest absolute Gasteiger partial charge is 0.258 e. The second-order valence-electron chi connectivity index (χ2n) is 5.73. The molecule has 1 aromatic carbocycles. The van der Waals surface area contributed by atoms with Gasteiger partial charge in [-0.15, -0.1) is 0 Å². The fraction of sp³-hybridized carbons (Fsp3) is 0.278. The van der Waals surface area contributed by atoms with Gasteiger partial charge >= 0.3 is 0 Å². The van der Waals surface area contributed by atoms with E-state index in [9.17, 15) is 9.59 Å². The van der Waals surface area contributed by atoms with Crippen molar-refractivity contribution in [1.29, 1.82) is 0 Å². The molecule has 0 unspecified atom stereocenters. The number of nitrogens with one attached hydrogen (secondary N) is 3. The van der Waals surface area contributed by atoms with Crippen molar-refractivity contribution in [2.45, 2.75) is 19.3 Å². The molecule has 0 saturated heterocycles. The normalized spacial score (nSPS) is 10.6. The summed E-state index contributed by atoms with van der Waals surface area (Å²) in [5.41, 5.74) is 0.522. The van der Waals surface area contributed by atoms with E-state index in [1.807, 2.05) is 18.2 Å². The van der Waals surface area contributed by atoms with Crippen molar-refractivity contribution in [3.63, 3.8) is 0 Å². The number of carbonyl (C=O) groups is 1. The number of carbonyl (C=O) groups excluding carboxylic acids is 1. The van der Waals surface area contributed by atoms with Gasteiger partial charge in [0, 0.05) is 38.3 Å². The number of nitrogens with zero attached hydrogens (tertiary/aromatic N) is 3. The van der Waals surface area contributed by atoms with Crippen LogP contribution in [-0.2, 0) is 11.2 Å². The van der Waals surface area contributed by atoms with Gasteiger partial charge in [-0.05, 0) is 24.6 Å². The van der Waals surface area contributed by atoms with Gasteiger partial charge in [-0.25, -0.2) is 15.0 Å². The Hall–Kier alpha value is -3.29. The fourth-order valence-corrected chi connectivity index (χ4v) is 2.52. The first-order chi connectivity index (χ1) is 12.7. The zero-order valence-corrected chi connectivity index (χ0v) is 14.2. The summed E-state index contributed by atoms with van der Waals surface area (Å²) < 4.78 is 0. The Bertz CT molecular complexity index is 926. The minimum Gasteiger partial charge on any atom is -0.354 e. The lowest BCUT2D eigenvalue weighted by atomic mass is 10.2. The summed E-state index contributed by atoms with van der Waals surface area (Å²) in [6.07, 6.45) is 4.84. The second kappa shape index (κ2) is 8.70. The molecule has 0 fully saturated rings. The number of para-hydroxylation sites is 1. The van der Waals surface area contributed by atoms with Crippen LogP contribution in [0.4, 0.5) is 5.95 Å². The van der Waals surface area contributed by atoms with Crippen LogP contribution in [0.2, 0.25) is 0 Å². The van der Waals surface area contributed by atoms with Crippen LogP contribution in [0.5, 0.6) is 0 Å². The maximum absolute atomic E-state index is 12.0. The van der Waals surface area contributed by atoms with E-state index < -0.39 is 0 Å². The van der Waals surface area contributed by atoms with Gasteiger partial charge in [-0.3, -0.25) is 9.59 Å². The quantitative estimate of drug-likeness (QED) is 0.526. The molecule has 0 radical (unpaired) electrons. The number of anilines is 1. The first-order valence-electron chi connectivity index (χ1n) is 8.48. The number of aromatic nitrogens is 4. The van der Waals surface area contributed by atoms with Crippen molar-refractivity contribution in [3.8, 4) is 0 Å². The molecule has 0 atom stereocenters. The molecule has 0 bridgehead atoms. The second-order valence-corrected chi connectivity index (χ2v) is 5.73. The Balaban J connectivity index is 1.39. The van der Waals surface area contributed by atoms with Crippen molar-refractivity contribution in [2.24, 2.45) is 0 Å². The van der Waals surface area contributed by atoms with Crippen molar-refractivity contribution in [3.05, 3.63) is 58.9 Å². The number of rotatable bonds is 8. The van der Waals surface area contributed by atoms with Crippen LogP contribution >= 0.6 is 0 Å². The Kier molecular flexibility index (Phi) is 5.87. The van der Waals surface area contributed by atoms with Crippen molar-refractivity contribution in [2.75, 3.05) is 18.4 Å². The van der Waals surface area contributed by atoms with Gasteiger partial charge < -0.3 is 15.6 Å². The van der Waals surface area contributed by atoms with E-state index in [-0.39, 0.29) is 11.5 Å². The molecule has 3 aromatic rings. The number of aryl methyl sites for hydroxylation is 1. The summed E-state index contributed by atoms with van der Waals surface area (Å²) in [6.45, 7) is 1.04. The molecular formula is C18H20N6O2. The molecule has 8 nitrogen and oxygen atoms in total. The summed E-state index contributed by atoms with van der Waals surface area (Å²) in [5, 5.41) is 6.42. The summed E-state index contributed by atoms with van der Waals surface area (Å²) in [6, 6.07) is 8.95. The zero-order valence-electron chi connectivity index (χ0n) is 14.2. The largest absolute Gasteiger partial charge is 0.354 e. The molecule has 26 heavy (non-hydrogen) atoms. The fourth-order valence-electron chi connectivity index (χ4n) is 2.52. The third kappa shape index (κ3) is 4.85. The lowest BCUT2D eigenvalue weighted by Crippen LogP contribution is -2.29. The summed E-state index contributed by atoms with van der Waals surface area (Å²) in [7, 11) is 0. The first-order valence-corrected chi connectivity index (χ1v) is 8.48. The molecule has 0 aliphatic carbocycles. The molecule has 134 valence electrons. The zero-order chi connectivity index (χ0) is 18.2. The number of benzene rings is 1. The molecule has 0 saturated carbocycles. The number of fused-ring (bicyclic) bond motifs is 1. The predicted molar refractivity (Wildman–Crippen MR) is 98.8 cm³/mol. The predicted octanol–water partition coefficient (Wildman–Crippen LogP) is 1.26. The minimum absolute atomic E-state index is 0.0380. The van der Waals surface area contributed by atoms with Gasteiger partial charge in [-0.1, -0.05) is 12.1 Å². The van der Waals surface area contributed by atoms with Crippen LogP contribution in [0, 0.1) is 0 Å². The molecule has 0 spiro atoms. The van der Waals surface area contributed by atoms with Crippen molar-refractivity contribution < 1.29 is 4.79 Å². The van der Waals surface area contributed by atoms with Crippen LogP contribution in [-0.4, -0.2) is 38.9 Å². The number of amides is 1. The average molecular weight is 352 g/mol. The van der Waals surface area contributed by atoms with E-state index in [0.717, 1.165) is 0 Å². The molecule has 0 aliphatic rings. The summed E-state index contributed by atoms with van der Waals surface area (Å²) >= 11 is 0. The van der Waals surface area contributed by atoms with E-state index in [2.05, 4.69) is 30.6 Å². The van der Waals surface area contributed by atoms with Crippen LogP contribution in [0.1, 0.15) is 18.7 Å². The van der Waals surface area contributed by atoms with Crippen LogP contribution < -0.4 is 16.2 Å². The van der Waals surface area contributed by atoms with Gasteiger partial charge in [0.2, 0.25) is 11.9 Å². The maximum atomic E-state index is 12.0. The first kappa shape index (κ1) is 17.5. The molecule has 3 N–H and O–H groups in total. The summed E-state index contributed by atoms with van der Waals surface area (Å²) in [5.74, 6) is 1.10. The monoisotopic (exact) mass is 352 g/mol. The molecule has 1 amide bonds. The van der Waals surface area contributed by atoms with E-state index in [1.165, 1.54) is 0 Å². The van der Waals surface area contributed by atoms with Crippen LogP contribution in [0.25, 0.3) is 10.9 Å². The van der Waals surface area contributed by atoms with Gasteiger partial charge in [-0.2, -0.15) is 0 Å².